The summed E-state index contributed by atoms with van der Waals surface area (Å²) in [7, 11) is 0. The standard InChI is InChI=1S/C18H20F3N3O3/c1-12(24-7-5-17(6-8-24)25-9-10-26-17)16-22-15(23-27-16)13-3-2-4-14(11-13)18(19,20)21/h2-4,11-12H,5-10H2,1H3. The molecule has 2 aliphatic heterocycles. The van der Waals surface area contributed by atoms with Crippen molar-refractivity contribution >= 4 is 0 Å². The van der Waals surface area contributed by atoms with Crippen LogP contribution in [0.25, 0.3) is 11.4 Å². The van der Waals surface area contributed by atoms with Crippen LogP contribution in [0.5, 0.6) is 0 Å². The van der Waals surface area contributed by atoms with Gasteiger partial charge >= 0.3 is 6.18 Å². The van der Waals surface area contributed by atoms with E-state index in [0.29, 0.717) is 19.1 Å². The highest BCUT2D eigenvalue weighted by atomic mass is 19.4. The third-order valence-electron chi connectivity index (χ3n) is 5.17. The second-order valence-corrected chi connectivity index (χ2v) is 6.85. The van der Waals surface area contributed by atoms with Crippen molar-refractivity contribution in [1.29, 1.82) is 0 Å². The number of ether oxygens (including phenoxy) is 2. The van der Waals surface area contributed by atoms with Gasteiger partial charge < -0.3 is 14.0 Å². The lowest BCUT2D eigenvalue weighted by Gasteiger charge is -2.39. The number of nitrogens with zero attached hydrogens (tertiary/aromatic N) is 3. The number of benzene rings is 1. The zero-order chi connectivity index (χ0) is 19.1. The van der Waals surface area contributed by atoms with Crippen molar-refractivity contribution in [2.75, 3.05) is 26.3 Å². The van der Waals surface area contributed by atoms with Crippen molar-refractivity contribution in [1.82, 2.24) is 15.0 Å². The summed E-state index contributed by atoms with van der Waals surface area (Å²) in [5, 5.41) is 3.87. The van der Waals surface area contributed by atoms with Crippen LogP contribution >= 0.6 is 0 Å². The van der Waals surface area contributed by atoms with Gasteiger partial charge in [0.25, 0.3) is 0 Å². The van der Waals surface area contributed by atoms with Crippen molar-refractivity contribution < 1.29 is 27.2 Å². The van der Waals surface area contributed by atoms with Crippen LogP contribution in [0.3, 0.4) is 0 Å². The number of alkyl halides is 3. The molecule has 1 unspecified atom stereocenters. The predicted molar refractivity (Wildman–Crippen MR) is 88.6 cm³/mol. The topological polar surface area (TPSA) is 60.6 Å². The molecule has 2 aliphatic rings. The average molecular weight is 383 g/mol. The molecule has 1 spiro atoms. The SMILES string of the molecule is CC(c1nc(-c2cccc(C(F)(F)F)c2)no1)N1CCC2(CC1)OCCO2. The zero-order valence-electron chi connectivity index (χ0n) is 14.8. The lowest BCUT2D eigenvalue weighted by molar-refractivity contribution is -0.188. The normalized spacial score (nSPS) is 21.6. The molecule has 6 nitrogen and oxygen atoms in total. The first-order chi connectivity index (χ1) is 12.9. The molecule has 146 valence electrons. The lowest BCUT2D eigenvalue weighted by Crippen LogP contribution is -2.45. The summed E-state index contributed by atoms with van der Waals surface area (Å²) in [4.78, 5) is 6.50. The third-order valence-corrected chi connectivity index (χ3v) is 5.17. The summed E-state index contributed by atoms with van der Waals surface area (Å²) in [6.07, 6.45) is -2.90. The summed E-state index contributed by atoms with van der Waals surface area (Å²) >= 11 is 0. The Morgan fingerprint density at radius 2 is 1.85 bits per heavy atom. The molecule has 4 rings (SSSR count). The van der Waals surface area contributed by atoms with Crippen molar-refractivity contribution in [3.8, 4) is 11.4 Å². The van der Waals surface area contributed by atoms with Crippen LogP contribution < -0.4 is 0 Å². The number of hydrogen-bond donors (Lipinski definition) is 0. The van der Waals surface area contributed by atoms with Crippen LogP contribution in [-0.2, 0) is 15.7 Å². The predicted octanol–water partition coefficient (Wildman–Crippen LogP) is 3.66. The van der Waals surface area contributed by atoms with Crippen LogP contribution in [0.15, 0.2) is 28.8 Å². The maximum Gasteiger partial charge on any atom is 0.416 e. The Morgan fingerprint density at radius 1 is 1.15 bits per heavy atom. The molecular weight excluding hydrogens is 363 g/mol. The molecule has 2 aromatic rings. The smallest absolute Gasteiger partial charge is 0.347 e. The molecule has 0 saturated carbocycles. The number of piperidine rings is 1. The Kier molecular flexibility index (Phi) is 4.69. The summed E-state index contributed by atoms with van der Waals surface area (Å²) in [5.74, 6) is 0.0688. The number of hydrogen-bond acceptors (Lipinski definition) is 6. The Morgan fingerprint density at radius 3 is 2.52 bits per heavy atom. The van der Waals surface area contributed by atoms with E-state index in [0.717, 1.165) is 38.1 Å². The van der Waals surface area contributed by atoms with Gasteiger partial charge in [0.1, 0.15) is 0 Å². The first-order valence-electron chi connectivity index (χ1n) is 8.90. The van der Waals surface area contributed by atoms with Crippen molar-refractivity contribution in [2.24, 2.45) is 0 Å². The Balaban J connectivity index is 1.46. The molecule has 1 atom stereocenters. The van der Waals surface area contributed by atoms with E-state index >= 15 is 0 Å². The van der Waals surface area contributed by atoms with Gasteiger partial charge in [-0.2, -0.15) is 18.2 Å². The molecule has 1 aromatic carbocycles. The van der Waals surface area contributed by atoms with Crippen LogP contribution in [0, 0.1) is 0 Å². The number of likely N-dealkylation sites (tertiary alicyclic amines) is 1. The molecule has 0 amide bonds. The van der Waals surface area contributed by atoms with Gasteiger partial charge in [-0.05, 0) is 19.1 Å². The molecule has 3 heterocycles. The summed E-state index contributed by atoms with van der Waals surface area (Å²) in [5.41, 5.74) is -0.463. The van der Waals surface area contributed by atoms with Crippen LogP contribution in [0.4, 0.5) is 13.2 Å². The summed E-state index contributed by atoms with van der Waals surface area (Å²) in [6, 6.07) is 4.77. The number of aromatic nitrogens is 2. The maximum absolute atomic E-state index is 12.9. The van der Waals surface area contributed by atoms with Gasteiger partial charge in [0.15, 0.2) is 5.79 Å². The van der Waals surface area contributed by atoms with E-state index in [1.165, 1.54) is 12.1 Å². The van der Waals surface area contributed by atoms with E-state index in [4.69, 9.17) is 14.0 Å². The zero-order valence-corrected chi connectivity index (χ0v) is 14.8. The van der Waals surface area contributed by atoms with E-state index in [-0.39, 0.29) is 17.4 Å². The van der Waals surface area contributed by atoms with Gasteiger partial charge in [-0.15, -0.1) is 0 Å². The van der Waals surface area contributed by atoms with Crippen molar-refractivity contribution in [3.05, 3.63) is 35.7 Å². The second-order valence-electron chi connectivity index (χ2n) is 6.85. The maximum atomic E-state index is 12.9. The van der Waals surface area contributed by atoms with Gasteiger partial charge in [0, 0.05) is 31.5 Å². The first-order valence-corrected chi connectivity index (χ1v) is 8.90. The molecule has 2 fully saturated rings. The van der Waals surface area contributed by atoms with E-state index < -0.39 is 17.5 Å². The lowest BCUT2D eigenvalue weighted by atomic mass is 10.0. The van der Waals surface area contributed by atoms with Crippen LogP contribution in [-0.4, -0.2) is 47.1 Å². The molecule has 2 saturated heterocycles. The molecule has 0 aliphatic carbocycles. The minimum atomic E-state index is -4.41. The average Bonchev–Trinajstić information content (AvgIpc) is 3.31. The third kappa shape index (κ3) is 3.71. The summed E-state index contributed by atoms with van der Waals surface area (Å²) in [6.45, 7) is 4.70. The van der Waals surface area contributed by atoms with Crippen LogP contribution in [0.1, 0.15) is 37.3 Å². The second kappa shape index (κ2) is 6.88. The first kappa shape index (κ1) is 18.4. The quantitative estimate of drug-likeness (QED) is 0.806. The van der Waals surface area contributed by atoms with Gasteiger partial charge in [0.2, 0.25) is 11.7 Å². The molecule has 0 radical (unpaired) electrons. The van der Waals surface area contributed by atoms with Gasteiger partial charge in [-0.3, -0.25) is 4.90 Å². The molecular formula is C18H20F3N3O3. The summed E-state index contributed by atoms with van der Waals surface area (Å²) < 4.78 is 55.5. The van der Waals surface area contributed by atoms with Gasteiger partial charge in [0.05, 0.1) is 24.8 Å². The highest BCUT2D eigenvalue weighted by Gasteiger charge is 2.41. The van der Waals surface area contributed by atoms with E-state index in [9.17, 15) is 13.2 Å². The fourth-order valence-corrected chi connectivity index (χ4v) is 3.55. The van der Waals surface area contributed by atoms with Gasteiger partial charge in [-0.25, -0.2) is 0 Å². The van der Waals surface area contributed by atoms with E-state index in [1.807, 2.05) is 6.92 Å². The van der Waals surface area contributed by atoms with E-state index in [1.54, 1.807) is 0 Å². The monoisotopic (exact) mass is 383 g/mol. The minimum absolute atomic E-state index is 0.143. The fraction of sp³-hybridized carbons (Fsp3) is 0.556. The number of rotatable bonds is 3. The van der Waals surface area contributed by atoms with Gasteiger partial charge in [-0.1, -0.05) is 17.3 Å². The fourth-order valence-electron chi connectivity index (χ4n) is 3.55. The molecule has 27 heavy (non-hydrogen) atoms. The van der Waals surface area contributed by atoms with Crippen LogP contribution in [0.2, 0.25) is 0 Å². The van der Waals surface area contributed by atoms with Crippen molar-refractivity contribution in [2.45, 2.75) is 37.8 Å². The van der Waals surface area contributed by atoms with Crippen molar-refractivity contribution in [3.63, 3.8) is 0 Å². The molecule has 0 N–H and O–H groups in total. The Hall–Kier alpha value is -1.97. The Labute approximate surface area is 154 Å². The largest absolute Gasteiger partial charge is 0.416 e. The molecule has 1 aromatic heterocycles. The molecule has 9 heteroatoms. The highest BCUT2D eigenvalue weighted by Crippen LogP contribution is 2.35. The molecule has 0 bridgehead atoms. The van der Waals surface area contributed by atoms with E-state index in [2.05, 4.69) is 15.0 Å². The number of halogens is 3. The Bertz CT molecular complexity index is 792. The highest BCUT2D eigenvalue weighted by molar-refractivity contribution is 5.55. The minimum Gasteiger partial charge on any atom is -0.347 e.